The van der Waals surface area contributed by atoms with Crippen molar-refractivity contribution >= 4 is 39.6 Å². The topological polar surface area (TPSA) is 174 Å². The molecule has 0 bridgehead atoms. The van der Waals surface area contributed by atoms with Crippen LogP contribution >= 0.6 is 0 Å². The highest BCUT2D eigenvalue weighted by molar-refractivity contribution is 7.89. The molecule has 3 saturated carbocycles. The minimum Gasteiger partial charge on any atom is -0.347 e. The monoisotopic (exact) mass is 736 g/mol. The fraction of sp³-hybridized carbons (Fsp3) is 0.865. The second-order valence-corrected chi connectivity index (χ2v) is 18.1. The quantitative estimate of drug-likeness (QED) is 0.164. The lowest BCUT2D eigenvalue weighted by Crippen LogP contribution is -2.64. The van der Waals surface area contributed by atoms with E-state index in [1.54, 1.807) is 0 Å². The molecule has 4 N–H and O–H groups in total. The molecule has 4 fully saturated rings. The summed E-state index contributed by atoms with van der Waals surface area (Å²) in [7, 11) is -3.69. The molecule has 5 amide bonds. The second-order valence-electron chi connectivity index (χ2n) is 16.1. The summed E-state index contributed by atoms with van der Waals surface area (Å²) < 4.78 is 28.7. The van der Waals surface area contributed by atoms with E-state index in [4.69, 9.17) is 0 Å². The fourth-order valence-corrected chi connectivity index (χ4v) is 10.8. The number of ketones is 1. The Morgan fingerprint density at radius 2 is 1.49 bits per heavy atom. The van der Waals surface area contributed by atoms with Crippen LogP contribution in [0, 0.1) is 5.41 Å². The average molecular weight is 737 g/mol. The Morgan fingerprint density at radius 3 is 2.06 bits per heavy atom. The summed E-state index contributed by atoms with van der Waals surface area (Å²) in [5.74, 6) is -2.38. The summed E-state index contributed by atoms with van der Waals surface area (Å²) in [5, 5.41) is 11.6. The first-order valence-corrected chi connectivity index (χ1v) is 21.3. The number of Topliss-reactive ketones (excluding diaryl/α,β-unsaturated/α-hetero) is 1. The van der Waals surface area contributed by atoms with Gasteiger partial charge in [0, 0.05) is 25.2 Å². The Hall–Kier alpha value is -2.74. The molecule has 13 nitrogen and oxygen atoms in total. The number of urea groups is 1. The van der Waals surface area contributed by atoms with Gasteiger partial charge in [0.2, 0.25) is 27.6 Å². The van der Waals surface area contributed by atoms with E-state index in [-0.39, 0.29) is 23.7 Å². The van der Waals surface area contributed by atoms with Crippen LogP contribution in [0.15, 0.2) is 0 Å². The molecular weight excluding hydrogens is 673 g/mol. The molecule has 3 atom stereocenters. The van der Waals surface area contributed by atoms with Crippen molar-refractivity contribution in [1.82, 2.24) is 30.5 Å². The molecule has 0 radical (unpaired) electrons. The Morgan fingerprint density at radius 1 is 0.863 bits per heavy atom. The lowest BCUT2D eigenvalue weighted by atomic mass is 9.70. The van der Waals surface area contributed by atoms with Gasteiger partial charge in [0.1, 0.15) is 12.1 Å². The molecule has 14 heteroatoms. The molecular formula is C37H64N6O7S. The van der Waals surface area contributed by atoms with Crippen LogP contribution in [0.1, 0.15) is 144 Å². The smallest absolute Gasteiger partial charge is 0.315 e. The van der Waals surface area contributed by atoms with Gasteiger partial charge in [0.05, 0.1) is 17.3 Å². The van der Waals surface area contributed by atoms with E-state index in [0.29, 0.717) is 51.6 Å². The minimum absolute atomic E-state index is 0.0122. The molecule has 4 aliphatic rings. The summed E-state index contributed by atoms with van der Waals surface area (Å²) >= 11 is 0. The normalized spacial score (nSPS) is 23.0. The second kappa shape index (κ2) is 17.9. The Bertz CT molecular complexity index is 1350. The summed E-state index contributed by atoms with van der Waals surface area (Å²) in [6.07, 6.45) is 12.3. The first kappa shape index (κ1) is 41.0. The largest absolute Gasteiger partial charge is 0.347 e. The Kier molecular flexibility index (Phi) is 14.4. The van der Waals surface area contributed by atoms with Crippen LogP contribution in [-0.4, -0.2) is 102 Å². The van der Waals surface area contributed by atoms with Gasteiger partial charge in [-0.05, 0) is 77.0 Å². The molecule has 1 aliphatic heterocycles. The van der Waals surface area contributed by atoms with E-state index in [1.807, 2.05) is 34.6 Å². The van der Waals surface area contributed by atoms with Crippen LogP contribution in [0.25, 0.3) is 0 Å². The van der Waals surface area contributed by atoms with Crippen molar-refractivity contribution in [3.63, 3.8) is 0 Å². The summed E-state index contributed by atoms with van der Waals surface area (Å²) in [5.41, 5.74) is -1.54. The van der Waals surface area contributed by atoms with Gasteiger partial charge in [0.25, 0.3) is 5.91 Å². The summed E-state index contributed by atoms with van der Waals surface area (Å²) in [4.78, 5) is 69.7. The van der Waals surface area contributed by atoms with Crippen LogP contribution in [-0.2, 0) is 29.2 Å². The van der Waals surface area contributed by atoms with Crippen LogP contribution in [0.2, 0.25) is 0 Å². The molecule has 0 aromatic rings. The van der Waals surface area contributed by atoms with Crippen LogP contribution < -0.4 is 21.3 Å². The number of unbranched alkanes of at least 4 members (excludes halogenated alkanes) is 1. The van der Waals surface area contributed by atoms with Gasteiger partial charge in [-0.2, -0.15) is 4.31 Å². The number of rotatable bonds is 17. The molecule has 290 valence electrons. The third kappa shape index (κ3) is 10.7. The number of hydrogen-bond acceptors (Lipinski definition) is 7. The Balaban J connectivity index is 1.53. The van der Waals surface area contributed by atoms with Gasteiger partial charge < -0.3 is 26.2 Å². The molecule has 1 unspecified atom stereocenters. The molecule has 1 saturated heterocycles. The van der Waals surface area contributed by atoms with Crippen molar-refractivity contribution in [2.24, 2.45) is 5.41 Å². The van der Waals surface area contributed by atoms with Crippen molar-refractivity contribution in [2.75, 3.05) is 18.8 Å². The first-order chi connectivity index (χ1) is 24.1. The molecule has 0 aromatic heterocycles. The predicted octanol–water partition coefficient (Wildman–Crippen LogP) is 3.90. The number of carbonyl (C=O) groups is 5. The summed E-state index contributed by atoms with van der Waals surface area (Å²) in [6.45, 7) is 10.2. The fourth-order valence-electron chi connectivity index (χ4n) is 8.50. The highest BCUT2D eigenvalue weighted by Gasteiger charge is 2.48. The Labute approximate surface area is 305 Å². The average Bonchev–Trinajstić information content (AvgIpc) is 3.75. The van der Waals surface area contributed by atoms with Crippen LogP contribution in [0.4, 0.5) is 4.79 Å². The number of nitrogens with one attached hydrogen (secondary N) is 4. The van der Waals surface area contributed by atoms with Gasteiger partial charge in [-0.15, -0.1) is 0 Å². The first-order valence-electron chi connectivity index (χ1n) is 19.7. The highest BCUT2D eigenvalue weighted by atomic mass is 32.2. The molecule has 3 aliphatic carbocycles. The molecule has 4 rings (SSSR count). The number of amides is 5. The number of sulfonamides is 1. The van der Waals surface area contributed by atoms with Crippen LogP contribution in [0.5, 0.6) is 0 Å². The molecule has 0 aromatic carbocycles. The van der Waals surface area contributed by atoms with E-state index in [1.165, 1.54) is 9.21 Å². The van der Waals surface area contributed by atoms with Crippen molar-refractivity contribution in [3.05, 3.63) is 0 Å². The van der Waals surface area contributed by atoms with Gasteiger partial charge in [0.15, 0.2) is 0 Å². The maximum Gasteiger partial charge on any atom is 0.315 e. The highest BCUT2D eigenvalue weighted by Crippen LogP contribution is 2.40. The molecule has 0 spiro atoms. The van der Waals surface area contributed by atoms with Gasteiger partial charge in [-0.3, -0.25) is 19.2 Å². The van der Waals surface area contributed by atoms with Gasteiger partial charge in [-0.25, -0.2) is 13.2 Å². The SMILES string of the molecule is CCCCC(NC(=O)[C@@H]1CCCN1C(=O)[C@@H](NC(=O)NC1(CS(=O)(=O)N(CC)C(C)C)CCCCC1)C1(C)CCCCC1)C(=O)C(=O)NC1CC1. The third-order valence-corrected chi connectivity index (χ3v) is 13.9. The molecule has 51 heavy (non-hydrogen) atoms. The third-order valence-electron chi connectivity index (χ3n) is 11.6. The standard InChI is InChI=1S/C37H64N6O7S/c1-6-8-16-28(30(44)33(46)38-27-18-19-27)39-32(45)29-17-15-24-42(29)34(47)31(36(5)20-11-9-12-21-36)40-35(48)41-37(22-13-10-14-23-37)25-51(49,50)43(7-2)26(3)4/h26-29,31H,6-25H2,1-5H3,(H,38,46)(H,39,45)(H2,40,41,48)/t28?,29-,31+/m0/s1. The van der Waals surface area contributed by atoms with Crippen molar-refractivity contribution < 1.29 is 32.4 Å². The van der Waals surface area contributed by atoms with E-state index in [0.717, 1.165) is 70.6 Å². The van der Waals surface area contributed by atoms with Crippen LogP contribution in [0.3, 0.4) is 0 Å². The van der Waals surface area contributed by atoms with Gasteiger partial charge in [-0.1, -0.05) is 72.1 Å². The number of hydrogen-bond donors (Lipinski definition) is 4. The maximum atomic E-state index is 14.6. The van der Waals surface area contributed by atoms with Crippen molar-refractivity contribution in [2.45, 2.75) is 180 Å². The zero-order valence-corrected chi connectivity index (χ0v) is 32.5. The van der Waals surface area contributed by atoms with Crippen molar-refractivity contribution in [3.8, 4) is 0 Å². The van der Waals surface area contributed by atoms with Gasteiger partial charge >= 0.3 is 6.03 Å². The minimum atomic E-state index is -3.69. The zero-order valence-electron chi connectivity index (χ0n) is 31.7. The molecule has 1 heterocycles. The van der Waals surface area contributed by atoms with E-state index in [9.17, 15) is 32.4 Å². The number of likely N-dealkylation sites (tertiary alicyclic amines) is 1. The lowest BCUT2D eigenvalue weighted by Gasteiger charge is -2.44. The van der Waals surface area contributed by atoms with E-state index in [2.05, 4.69) is 21.3 Å². The maximum absolute atomic E-state index is 14.6. The van der Waals surface area contributed by atoms with Crippen molar-refractivity contribution in [1.29, 1.82) is 0 Å². The van der Waals surface area contributed by atoms with E-state index < -0.39 is 62.7 Å². The lowest BCUT2D eigenvalue weighted by molar-refractivity contribution is -0.144. The zero-order chi connectivity index (χ0) is 37.4. The number of nitrogens with zero attached hydrogens (tertiary/aromatic N) is 2. The summed E-state index contributed by atoms with van der Waals surface area (Å²) in [6, 6.07) is -3.53. The number of carbonyl (C=O) groups excluding carboxylic acids is 5. The predicted molar refractivity (Wildman–Crippen MR) is 196 cm³/mol. The van der Waals surface area contributed by atoms with E-state index >= 15 is 0 Å².